The van der Waals surface area contributed by atoms with Crippen LogP contribution in [0.4, 0.5) is 11.4 Å². The molecule has 0 atom stereocenters. The van der Waals surface area contributed by atoms with Crippen molar-refractivity contribution in [2.24, 2.45) is 0 Å². The molecule has 1 amide bonds. The Labute approximate surface area is 207 Å². The molecule has 35 heavy (non-hydrogen) atoms. The Morgan fingerprint density at radius 1 is 1.00 bits per heavy atom. The normalized spacial score (nSPS) is 14.0. The zero-order chi connectivity index (χ0) is 25.0. The van der Waals surface area contributed by atoms with Gasteiger partial charge in [-0.2, -0.15) is 0 Å². The molecule has 7 nitrogen and oxygen atoms in total. The summed E-state index contributed by atoms with van der Waals surface area (Å²) in [6.07, 6.45) is 0. The van der Waals surface area contributed by atoms with E-state index in [0.717, 1.165) is 29.9 Å². The van der Waals surface area contributed by atoms with Crippen LogP contribution in [0.5, 0.6) is 0 Å². The number of carbonyl (C=O) groups excluding carboxylic acids is 1. The Morgan fingerprint density at radius 2 is 1.74 bits per heavy atom. The second-order valence-corrected chi connectivity index (χ2v) is 10.5. The van der Waals surface area contributed by atoms with Crippen LogP contribution in [0.25, 0.3) is 0 Å². The van der Waals surface area contributed by atoms with Crippen molar-refractivity contribution < 1.29 is 17.9 Å². The van der Waals surface area contributed by atoms with Crippen molar-refractivity contribution in [2.45, 2.75) is 25.3 Å². The van der Waals surface area contributed by atoms with Gasteiger partial charge in [0.1, 0.15) is 0 Å². The minimum Gasteiger partial charge on any atom is -0.378 e. The third-order valence-electron chi connectivity index (χ3n) is 6.09. The van der Waals surface area contributed by atoms with Crippen LogP contribution in [0.2, 0.25) is 0 Å². The fraction of sp³-hybridized carbons (Fsp3) is 0.296. The van der Waals surface area contributed by atoms with Crippen LogP contribution < -0.4 is 9.62 Å². The number of benzene rings is 3. The number of hydrogen-bond acceptors (Lipinski definition) is 5. The molecular formula is C27H31N3O4S. The first-order valence-corrected chi connectivity index (χ1v) is 13.1. The van der Waals surface area contributed by atoms with Gasteiger partial charge in [-0.3, -0.25) is 9.52 Å². The van der Waals surface area contributed by atoms with Gasteiger partial charge in [0, 0.05) is 43.6 Å². The van der Waals surface area contributed by atoms with Gasteiger partial charge in [-0.1, -0.05) is 36.4 Å². The van der Waals surface area contributed by atoms with Crippen LogP contribution >= 0.6 is 0 Å². The van der Waals surface area contributed by atoms with Crippen molar-refractivity contribution in [3.8, 4) is 0 Å². The molecular weight excluding hydrogens is 462 g/mol. The van der Waals surface area contributed by atoms with Gasteiger partial charge in [-0.15, -0.1) is 0 Å². The van der Waals surface area contributed by atoms with E-state index in [2.05, 4.69) is 15.7 Å². The molecule has 4 rings (SSSR count). The Morgan fingerprint density at radius 3 is 2.51 bits per heavy atom. The molecule has 0 aliphatic carbocycles. The fourth-order valence-corrected chi connectivity index (χ4v) is 5.61. The van der Waals surface area contributed by atoms with Crippen molar-refractivity contribution in [1.82, 2.24) is 4.90 Å². The second-order valence-electron chi connectivity index (χ2n) is 8.84. The third kappa shape index (κ3) is 5.83. The number of para-hydroxylation sites is 1. The molecule has 1 saturated heterocycles. The number of rotatable bonds is 7. The number of morpholine rings is 1. The molecule has 0 unspecified atom stereocenters. The van der Waals surface area contributed by atoms with E-state index in [-0.39, 0.29) is 10.8 Å². The van der Waals surface area contributed by atoms with Gasteiger partial charge in [0.15, 0.2) is 0 Å². The van der Waals surface area contributed by atoms with Gasteiger partial charge in [0.2, 0.25) is 0 Å². The van der Waals surface area contributed by atoms with Crippen molar-refractivity contribution in [2.75, 3.05) is 43.0 Å². The average Bonchev–Trinajstić information content (AvgIpc) is 2.85. The number of nitrogens with zero attached hydrogens (tertiary/aromatic N) is 2. The first-order chi connectivity index (χ1) is 16.7. The molecule has 0 bridgehead atoms. The van der Waals surface area contributed by atoms with Gasteiger partial charge in [0.05, 0.1) is 18.1 Å². The Kier molecular flexibility index (Phi) is 7.42. The highest BCUT2D eigenvalue weighted by molar-refractivity contribution is 7.92. The van der Waals surface area contributed by atoms with Gasteiger partial charge in [0.25, 0.3) is 15.9 Å². The summed E-state index contributed by atoms with van der Waals surface area (Å²) in [5.41, 5.74) is 4.44. The number of carbonyl (C=O) groups is 1. The summed E-state index contributed by atoms with van der Waals surface area (Å²) in [4.78, 5) is 17.4. The molecule has 3 aromatic rings. The maximum absolute atomic E-state index is 13.2. The minimum atomic E-state index is -3.79. The first-order valence-electron chi connectivity index (χ1n) is 11.6. The highest BCUT2D eigenvalue weighted by Crippen LogP contribution is 2.25. The number of sulfonamides is 1. The van der Waals surface area contributed by atoms with E-state index >= 15 is 0 Å². The van der Waals surface area contributed by atoms with Crippen molar-refractivity contribution >= 4 is 27.3 Å². The summed E-state index contributed by atoms with van der Waals surface area (Å²) in [5, 5.41) is 0. The highest BCUT2D eigenvalue weighted by Gasteiger charge is 2.20. The van der Waals surface area contributed by atoms with Crippen LogP contribution in [0.1, 0.15) is 27.0 Å². The predicted molar refractivity (Wildman–Crippen MR) is 138 cm³/mol. The smallest absolute Gasteiger partial charge is 0.262 e. The summed E-state index contributed by atoms with van der Waals surface area (Å²) < 4.78 is 34.1. The van der Waals surface area contributed by atoms with E-state index in [1.54, 1.807) is 55.3 Å². The summed E-state index contributed by atoms with van der Waals surface area (Å²) >= 11 is 0. The second kappa shape index (κ2) is 10.5. The lowest BCUT2D eigenvalue weighted by Crippen LogP contribution is -2.37. The lowest BCUT2D eigenvalue weighted by molar-refractivity contribution is 0.0785. The molecule has 1 N–H and O–H groups in total. The summed E-state index contributed by atoms with van der Waals surface area (Å²) in [7, 11) is -2.03. The quantitative estimate of drug-likeness (QED) is 0.533. The summed E-state index contributed by atoms with van der Waals surface area (Å²) in [6.45, 7) is 7.06. The maximum atomic E-state index is 13.2. The number of ether oxygens (including phenoxy) is 1. The lowest BCUT2D eigenvalue weighted by atomic mass is 10.1. The molecule has 0 radical (unpaired) electrons. The van der Waals surface area contributed by atoms with Gasteiger partial charge < -0.3 is 14.5 Å². The van der Waals surface area contributed by atoms with Crippen molar-refractivity contribution in [3.63, 3.8) is 0 Å². The third-order valence-corrected chi connectivity index (χ3v) is 7.62. The Hall–Kier alpha value is -3.36. The van der Waals surface area contributed by atoms with Crippen LogP contribution in [0, 0.1) is 13.8 Å². The number of nitrogens with one attached hydrogen (secondary N) is 1. The molecule has 184 valence electrons. The Balaban J connectivity index is 1.51. The van der Waals surface area contributed by atoms with Crippen LogP contribution in [-0.4, -0.2) is 52.6 Å². The van der Waals surface area contributed by atoms with Gasteiger partial charge >= 0.3 is 0 Å². The van der Waals surface area contributed by atoms with E-state index in [9.17, 15) is 13.2 Å². The van der Waals surface area contributed by atoms with E-state index in [1.807, 2.05) is 31.2 Å². The summed E-state index contributed by atoms with van der Waals surface area (Å²) in [6, 6.07) is 20.0. The molecule has 3 aromatic carbocycles. The zero-order valence-corrected chi connectivity index (χ0v) is 21.1. The lowest BCUT2D eigenvalue weighted by Gasteiger charge is -2.31. The number of aryl methyl sites for hydroxylation is 2. The monoisotopic (exact) mass is 493 g/mol. The molecule has 0 saturated carbocycles. The Bertz CT molecular complexity index is 1320. The molecule has 0 aromatic heterocycles. The SMILES string of the molecule is Cc1ccc(C)c(S(=O)(=O)Nc2cccc(C(=O)N(C)Cc3ccccc3N3CCOCC3)c2)c1. The fourth-order valence-electron chi connectivity index (χ4n) is 4.23. The molecule has 1 aliphatic heterocycles. The van der Waals surface area contributed by atoms with Crippen LogP contribution in [0.15, 0.2) is 71.6 Å². The topological polar surface area (TPSA) is 79.0 Å². The van der Waals surface area contributed by atoms with E-state index in [1.165, 1.54) is 0 Å². The maximum Gasteiger partial charge on any atom is 0.262 e. The number of anilines is 2. The van der Waals surface area contributed by atoms with Crippen LogP contribution in [0.3, 0.4) is 0 Å². The van der Waals surface area contributed by atoms with Crippen molar-refractivity contribution in [3.05, 3.63) is 89.0 Å². The van der Waals surface area contributed by atoms with E-state index in [4.69, 9.17) is 4.74 Å². The molecule has 8 heteroatoms. The zero-order valence-electron chi connectivity index (χ0n) is 20.3. The van der Waals surface area contributed by atoms with E-state index < -0.39 is 10.0 Å². The molecule has 0 spiro atoms. The molecule has 1 aliphatic rings. The molecule has 1 fully saturated rings. The minimum absolute atomic E-state index is 0.186. The average molecular weight is 494 g/mol. The number of hydrogen-bond donors (Lipinski definition) is 1. The largest absolute Gasteiger partial charge is 0.378 e. The number of amides is 1. The van der Waals surface area contributed by atoms with Gasteiger partial charge in [-0.05, 0) is 60.9 Å². The van der Waals surface area contributed by atoms with Crippen molar-refractivity contribution in [1.29, 1.82) is 0 Å². The standard InChI is InChI=1S/C27H31N3O4S/c1-20-11-12-21(2)26(17-20)35(32,33)28-24-9-6-8-22(18-24)27(31)29(3)19-23-7-4-5-10-25(23)30-13-15-34-16-14-30/h4-12,17-18,28H,13-16,19H2,1-3H3. The highest BCUT2D eigenvalue weighted by atomic mass is 32.2. The van der Waals surface area contributed by atoms with E-state index in [0.29, 0.717) is 36.6 Å². The van der Waals surface area contributed by atoms with Gasteiger partial charge in [-0.25, -0.2) is 8.42 Å². The predicted octanol–water partition coefficient (Wildman–Crippen LogP) is 4.21. The molecule has 1 heterocycles. The summed E-state index contributed by atoms with van der Waals surface area (Å²) in [5.74, 6) is -0.186. The first kappa shape index (κ1) is 24.8. The van der Waals surface area contributed by atoms with Crippen LogP contribution in [-0.2, 0) is 21.3 Å².